The van der Waals surface area contributed by atoms with Crippen LogP contribution in [0, 0.1) is 5.82 Å². The van der Waals surface area contributed by atoms with Gasteiger partial charge >= 0.3 is 6.03 Å². The molecular weight excluding hydrogens is 339 g/mol. The van der Waals surface area contributed by atoms with Crippen molar-refractivity contribution in [1.82, 2.24) is 10.1 Å². The number of urea groups is 1. The molecule has 4 rings (SSSR count). The summed E-state index contributed by atoms with van der Waals surface area (Å²) in [5.74, 6) is -0.275. The molecule has 2 heterocycles. The van der Waals surface area contributed by atoms with Gasteiger partial charge in [0.1, 0.15) is 12.4 Å². The molecule has 2 aromatic rings. The molecule has 0 spiro atoms. The van der Waals surface area contributed by atoms with E-state index in [4.69, 9.17) is 4.52 Å². The minimum absolute atomic E-state index is 0.0635. The average Bonchev–Trinajstić information content (AvgIpc) is 3.21. The number of halogens is 1. The van der Waals surface area contributed by atoms with Crippen LogP contribution in [0.5, 0.6) is 0 Å². The van der Waals surface area contributed by atoms with Gasteiger partial charge < -0.3 is 9.42 Å². The van der Waals surface area contributed by atoms with Crippen molar-refractivity contribution in [3.05, 3.63) is 41.3 Å². The van der Waals surface area contributed by atoms with E-state index < -0.39 is 0 Å². The fourth-order valence-corrected chi connectivity index (χ4v) is 3.42. The van der Waals surface area contributed by atoms with E-state index in [-0.39, 0.29) is 24.3 Å². The van der Waals surface area contributed by atoms with Crippen LogP contribution in [-0.2, 0) is 17.6 Å². The molecule has 1 N–H and O–H groups in total. The molecule has 0 atom stereocenters. The minimum atomic E-state index is -0.355. The highest BCUT2D eigenvalue weighted by atomic mass is 19.1. The molecule has 1 aromatic heterocycles. The Labute approximate surface area is 149 Å². The van der Waals surface area contributed by atoms with E-state index in [9.17, 15) is 14.0 Å². The highest BCUT2D eigenvalue weighted by molar-refractivity contribution is 5.99. The van der Waals surface area contributed by atoms with Crippen molar-refractivity contribution in [2.24, 2.45) is 0 Å². The maximum atomic E-state index is 13.0. The number of benzene rings is 1. The second-order valence-corrected chi connectivity index (χ2v) is 6.52. The Morgan fingerprint density at radius 1 is 1.19 bits per heavy atom. The zero-order valence-electron chi connectivity index (χ0n) is 14.2. The molecule has 26 heavy (non-hydrogen) atoms. The van der Waals surface area contributed by atoms with Crippen LogP contribution in [0.3, 0.4) is 0 Å². The lowest BCUT2D eigenvalue weighted by Crippen LogP contribution is -2.37. The summed E-state index contributed by atoms with van der Waals surface area (Å²) in [6, 6.07) is 5.46. The first kappa shape index (κ1) is 16.6. The Kier molecular flexibility index (Phi) is 4.32. The number of aryl methyl sites for hydroxylation is 1. The molecule has 1 fully saturated rings. The van der Waals surface area contributed by atoms with Gasteiger partial charge in [-0.3, -0.25) is 15.0 Å². The Morgan fingerprint density at radius 2 is 1.96 bits per heavy atom. The van der Waals surface area contributed by atoms with Crippen LogP contribution >= 0.6 is 0 Å². The summed E-state index contributed by atoms with van der Waals surface area (Å²) in [5, 5.41) is 6.74. The van der Waals surface area contributed by atoms with Gasteiger partial charge in [0.15, 0.2) is 0 Å². The number of anilines is 2. The number of carbonyl (C=O) groups is 2. The summed E-state index contributed by atoms with van der Waals surface area (Å²) in [6.07, 6.45) is 3.84. The maximum Gasteiger partial charge on any atom is 0.325 e. The van der Waals surface area contributed by atoms with E-state index >= 15 is 0 Å². The number of rotatable bonds is 4. The summed E-state index contributed by atoms with van der Waals surface area (Å²) in [5.41, 5.74) is 2.49. The number of amides is 3. The third-order valence-corrected chi connectivity index (χ3v) is 4.78. The van der Waals surface area contributed by atoms with Crippen LogP contribution in [0.2, 0.25) is 0 Å². The van der Waals surface area contributed by atoms with Gasteiger partial charge in [0.05, 0.1) is 5.69 Å². The SMILES string of the molecule is O=C(CN1CCN(c2ccc(F)cc2)C1=O)Nc1onc2c1CCCC2. The zero-order chi connectivity index (χ0) is 18.1. The minimum Gasteiger partial charge on any atom is -0.338 e. The van der Waals surface area contributed by atoms with E-state index in [2.05, 4.69) is 10.5 Å². The lowest BCUT2D eigenvalue weighted by Gasteiger charge is -2.18. The predicted molar refractivity (Wildman–Crippen MR) is 92.5 cm³/mol. The first-order valence-electron chi connectivity index (χ1n) is 8.71. The van der Waals surface area contributed by atoms with Crippen molar-refractivity contribution >= 4 is 23.5 Å². The molecular formula is C18H19FN4O3. The third kappa shape index (κ3) is 3.14. The third-order valence-electron chi connectivity index (χ3n) is 4.78. The van der Waals surface area contributed by atoms with Gasteiger partial charge in [-0.1, -0.05) is 5.16 Å². The molecule has 136 valence electrons. The van der Waals surface area contributed by atoms with E-state index in [1.807, 2.05) is 0 Å². The topological polar surface area (TPSA) is 78.7 Å². The van der Waals surface area contributed by atoms with Crippen LogP contribution in [0.25, 0.3) is 0 Å². The molecule has 1 aliphatic heterocycles. The molecule has 1 saturated heterocycles. The fourth-order valence-electron chi connectivity index (χ4n) is 3.42. The fraction of sp³-hybridized carbons (Fsp3) is 0.389. The summed E-state index contributed by atoms with van der Waals surface area (Å²) in [4.78, 5) is 27.8. The van der Waals surface area contributed by atoms with Gasteiger partial charge in [-0.05, 0) is 49.9 Å². The largest absolute Gasteiger partial charge is 0.338 e. The maximum absolute atomic E-state index is 13.0. The highest BCUT2D eigenvalue weighted by Gasteiger charge is 2.31. The molecule has 7 nitrogen and oxygen atoms in total. The number of nitrogens with zero attached hydrogens (tertiary/aromatic N) is 3. The van der Waals surface area contributed by atoms with Crippen molar-refractivity contribution in [1.29, 1.82) is 0 Å². The zero-order valence-corrected chi connectivity index (χ0v) is 14.2. The number of carbonyl (C=O) groups excluding carboxylic acids is 2. The van der Waals surface area contributed by atoms with E-state index in [0.717, 1.165) is 36.9 Å². The molecule has 0 saturated carbocycles. The lowest BCUT2D eigenvalue weighted by molar-refractivity contribution is -0.116. The number of hydrogen-bond donors (Lipinski definition) is 1. The molecule has 2 aliphatic rings. The summed E-state index contributed by atoms with van der Waals surface area (Å²) in [7, 11) is 0. The first-order chi connectivity index (χ1) is 12.6. The summed E-state index contributed by atoms with van der Waals surface area (Å²) < 4.78 is 18.3. The Bertz CT molecular complexity index is 833. The van der Waals surface area contributed by atoms with Crippen molar-refractivity contribution in [3.8, 4) is 0 Å². The molecule has 1 aliphatic carbocycles. The lowest BCUT2D eigenvalue weighted by atomic mass is 9.98. The van der Waals surface area contributed by atoms with Gasteiger partial charge in [-0.25, -0.2) is 9.18 Å². The van der Waals surface area contributed by atoms with Crippen molar-refractivity contribution in [3.63, 3.8) is 0 Å². The Balaban J connectivity index is 1.38. The molecule has 3 amide bonds. The molecule has 0 unspecified atom stereocenters. The molecule has 8 heteroatoms. The van der Waals surface area contributed by atoms with Crippen LogP contribution in [0.1, 0.15) is 24.1 Å². The number of hydrogen-bond acceptors (Lipinski definition) is 4. The van der Waals surface area contributed by atoms with Crippen LogP contribution in [-0.4, -0.2) is 41.6 Å². The van der Waals surface area contributed by atoms with Gasteiger partial charge in [0.25, 0.3) is 0 Å². The van der Waals surface area contributed by atoms with E-state index in [0.29, 0.717) is 24.7 Å². The Morgan fingerprint density at radius 3 is 2.77 bits per heavy atom. The number of aromatic nitrogens is 1. The van der Waals surface area contributed by atoms with Crippen molar-refractivity contribution in [2.45, 2.75) is 25.7 Å². The second-order valence-electron chi connectivity index (χ2n) is 6.52. The van der Waals surface area contributed by atoms with Crippen molar-refractivity contribution < 1.29 is 18.5 Å². The predicted octanol–water partition coefficient (Wildman–Crippen LogP) is 2.57. The van der Waals surface area contributed by atoms with Crippen molar-refractivity contribution in [2.75, 3.05) is 29.9 Å². The average molecular weight is 358 g/mol. The van der Waals surface area contributed by atoms with E-state index in [1.165, 1.54) is 21.9 Å². The van der Waals surface area contributed by atoms with Crippen LogP contribution in [0.15, 0.2) is 28.8 Å². The van der Waals surface area contributed by atoms with Crippen LogP contribution in [0.4, 0.5) is 20.8 Å². The number of nitrogens with one attached hydrogen (secondary N) is 1. The van der Waals surface area contributed by atoms with Gasteiger partial charge in [0.2, 0.25) is 11.8 Å². The monoisotopic (exact) mass is 358 g/mol. The van der Waals surface area contributed by atoms with Crippen LogP contribution < -0.4 is 10.2 Å². The Hall–Kier alpha value is -2.90. The molecule has 1 aromatic carbocycles. The van der Waals surface area contributed by atoms with E-state index in [1.54, 1.807) is 12.1 Å². The highest BCUT2D eigenvalue weighted by Crippen LogP contribution is 2.27. The quantitative estimate of drug-likeness (QED) is 0.911. The van der Waals surface area contributed by atoms with Gasteiger partial charge in [-0.15, -0.1) is 0 Å². The number of fused-ring (bicyclic) bond motifs is 1. The smallest absolute Gasteiger partial charge is 0.325 e. The van der Waals surface area contributed by atoms with Gasteiger partial charge in [0, 0.05) is 24.3 Å². The first-order valence-corrected chi connectivity index (χ1v) is 8.71. The summed E-state index contributed by atoms with van der Waals surface area (Å²) >= 11 is 0. The summed E-state index contributed by atoms with van der Waals surface area (Å²) in [6.45, 7) is 0.819. The normalized spacial score (nSPS) is 16.7. The molecule has 0 bridgehead atoms. The standard InChI is InChI=1S/C18H19FN4O3/c19-12-5-7-13(8-6-12)23-10-9-22(18(23)25)11-16(24)20-17-14-3-1-2-4-15(14)21-26-17/h5-8H,1-4,9-11H2,(H,20,24). The molecule has 0 radical (unpaired) electrons. The second kappa shape index (κ2) is 6.78. The van der Waals surface area contributed by atoms with Gasteiger partial charge in [-0.2, -0.15) is 0 Å².